The van der Waals surface area contributed by atoms with Crippen molar-refractivity contribution in [2.75, 3.05) is 5.32 Å². The summed E-state index contributed by atoms with van der Waals surface area (Å²) in [6.07, 6.45) is 3.67. The van der Waals surface area contributed by atoms with Crippen molar-refractivity contribution in [2.24, 2.45) is 0 Å². The van der Waals surface area contributed by atoms with E-state index in [0.29, 0.717) is 24.2 Å². The molecule has 0 spiro atoms. The Morgan fingerprint density at radius 2 is 2.14 bits per heavy atom. The third-order valence-corrected chi connectivity index (χ3v) is 2.92. The molecule has 1 heterocycles. The van der Waals surface area contributed by atoms with E-state index in [9.17, 15) is 9.59 Å². The molecule has 0 unspecified atom stereocenters. The summed E-state index contributed by atoms with van der Waals surface area (Å²) < 4.78 is 1.45. The van der Waals surface area contributed by atoms with Crippen LogP contribution < -0.4 is 10.9 Å². The van der Waals surface area contributed by atoms with Crippen LogP contribution in [0.3, 0.4) is 0 Å². The first-order valence-electron chi connectivity index (χ1n) is 6.50. The van der Waals surface area contributed by atoms with Gasteiger partial charge in [0.1, 0.15) is 6.07 Å². The van der Waals surface area contributed by atoms with E-state index in [-0.39, 0.29) is 17.9 Å². The highest BCUT2D eigenvalue weighted by Crippen LogP contribution is 2.13. The Bertz CT molecular complexity index is 731. The van der Waals surface area contributed by atoms with Crippen LogP contribution in [0.1, 0.15) is 18.4 Å². The number of para-hydroxylation sites is 1. The summed E-state index contributed by atoms with van der Waals surface area (Å²) in [5.74, 6) is -0.186. The lowest BCUT2D eigenvalue weighted by Crippen LogP contribution is -2.20. The smallest absolute Gasteiger partial charge is 0.253 e. The van der Waals surface area contributed by atoms with Crippen molar-refractivity contribution in [1.82, 2.24) is 9.55 Å². The van der Waals surface area contributed by atoms with Gasteiger partial charge in [-0.3, -0.25) is 14.2 Å². The second kappa shape index (κ2) is 7.01. The van der Waals surface area contributed by atoms with E-state index in [0.717, 1.165) is 0 Å². The number of anilines is 1. The number of benzene rings is 1. The molecule has 6 nitrogen and oxygen atoms in total. The normalized spacial score (nSPS) is 9.86. The average molecular weight is 282 g/mol. The molecule has 0 saturated heterocycles. The molecule has 6 heteroatoms. The molecule has 0 aliphatic carbocycles. The van der Waals surface area contributed by atoms with Crippen LogP contribution in [0.15, 0.2) is 47.7 Å². The standard InChI is InChI=1S/C15H14N4O2/c16-10-12-4-1-2-5-13(12)18-14(20)6-3-9-19-11-17-8-7-15(19)21/h1-2,4-5,7-8,11H,3,6,9H2,(H,18,20). The Balaban J connectivity index is 1.87. The van der Waals surface area contributed by atoms with E-state index in [2.05, 4.69) is 10.3 Å². The van der Waals surface area contributed by atoms with Gasteiger partial charge in [-0.15, -0.1) is 0 Å². The molecule has 0 bridgehead atoms. The number of nitrogens with zero attached hydrogens (tertiary/aromatic N) is 3. The van der Waals surface area contributed by atoms with Crippen LogP contribution in [0.25, 0.3) is 0 Å². The number of carbonyl (C=O) groups is 1. The number of hydrogen-bond acceptors (Lipinski definition) is 4. The number of nitrogens with one attached hydrogen (secondary N) is 1. The van der Waals surface area contributed by atoms with E-state index < -0.39 is 0 Å². The minimum Gasteiger partial charge on any atom is -0.325 e. The van der Waals surface area contributed by atoms with Gasteiger partial charge < -0.3 is 5.32 Å². The average Bonchev–Trinajstić information content (AvgIpc) is 2.50. The highest BCUT2D eigenvalue weighted by Gasteiger charge is 2.06. The van der Waals surface area contributed by atoms with Crippen LogP contribution in [-0.2, 0) is 11.3 Å². The lowest BCUT2D eigenvalue weighted by atomic mass is 10.2. The van der Waals surface area contributed by atoms with Crippen molar-refractivity contribution in [3.05, 3.63) is 58.8 Å². The van der Waals surface area contributed by atoms with Gasteiger partial charge >= 0.3 is 0 Å². The first kappa shape index (κ1) is 14.5. The number of carbonyl (C=O) groups excluding carboxylic acids is 1. The van der Waals surface area contributed by atoms with Crippen molar-refractivity contribution in [3.63, 3.8) is 0 Å². The van der Waals surface area contributed by atoms with Crippen LogP contribution in [0, 0.1) is 11.3 Å². The number of aryl methyl sites for hydroxylation is 1. The third kappa shape index (κ3) is 4.01. The van der Waals surface area contributed by atoms with Gasteiger partial charge in [-0.2, -0.15) is 5.26 Å². The maximum absolute atomic E-state index is 11.8. The number of amides is 1. The Labute approximate surface area is 121 Å². The molecule has 0 fully saturated rings. The lowest BCUT2D eigenvalue weighted by Gasteiger charge is -2.07. The predicted molar refractivity (Wildman–Crippen MR) is 77.5 cm³/mol. The summed E-state index contributed by atoms with van der Waals surface area (Å²) in [5, 5.41) is 11.6. The quantitative estimate of drug-likeness (QED) is 0.900. The predicted octanol–water partition coefficient (Wildman–Crippen LogP) is 1.53. The summed E-state index contributed by atoms with van der Waals surface area (Å²) >= 11 is 0. The van der Waals surface area contributed by atoms with Gasteiger partial charge in [-0.05, 0) is 18.6 Å². The zero-order valence-corrected chi connectivity index (χ0v) is 11.3. The second-order valence-electron chi connectivity index (χ2n) is 4.42. The summed E-state index contributed by atoms with van der Waals surface area (Å²) in [6.45, 7) is 0.431. The van der Waals surface area contributed by atoms with Gasteiger partial charge in [-0.1, -0.05) is 12.1 Å². The Kier molecular flexibility index (Phi) is 4.83. The number of hydrogen-bond donors (Lipinski definition) is 1. The molecular weight excluding hydrogens is 268 g/mol. The summed E-state index contributed by atoms with van der Waals surface area (Å²) in [4.78, 5) is 27.1. The van der Waals surface area contributed by atoms with Gasteiger partial charge in [0, 0.05) is 25.2 Å². The Hall–Kier alpha value is -2.94. The minimum atomic E-state index is -0.186. The molecule has 2 aromatic rings. The van der Waals surface area contributed by atoms with E-state index in [1.807, 2.05) is 6.07 Å². The van der Waals surface area contributed by atoms with Crippen molar-refractivity contribution in [3.8, 4) is 6.07 Å². The maximum atomic E-state index is 11.8. The van der Waals surface area contributed by atoms with Gasteiger partial charge in [0.15, 0.2) is 0 Å². The first-order chi connectivity index (χ1) is 10.2. The largest absolute Gasteiger partial charge is 0.325 e. The van der Waals surface area contributed by atoms with E-state index in [1.165, 1.54) is 23.2 Å². The molecule has 2 rings (SSSR count). The van der Waals surface area contributed by atoms with Crippen molar-refractivity contribution < 1.29 is 4.79 Å². The second-order valence-corrected chi connectivity index (χ2v) is 4.42. The monoisotopic (exact) mass is 282 g/mol. The fourth-order valence-corrected chi connectivity index (χ4v) is 1.86. The minimum absolute atomic E-state index is 0.139. The van der Waals surface area contributed by atoms with Crippen LogP contribution >= 0.6 is 0 Å². The lowest BCUT2D eigenvalue weighted by molar-refractivity contribution is -0.116. The third-order valence-electron chi connectivity index (χ3n) is 2.92. The maximum Gasteiger partial charge on any atom is 0.253 e. The van der Waals surface area contributed by atoms with Crippen LogP contribution in [0.4, 0.5) is 5.69 Å². The van der Waals surface area contributed by atoms with Crippen LogP contribution in [0.5, 0.6) is 0 Å². The molecule has 1 aromatic carbocycles. The molecule has 1 amide bonds. The van der Waals surface area contributed by atoms with Gasteiger partial charge in [0.2, 0.25) is 5.91 Å². The van der Waals surface area contributed by atoms with E-state index in [4.69, 9.17) is 5.26 Å². The van der Waals surface area contributed by atoms with Gasteiger partial charge in [0.25, 0.3) is 5.56 Å². The molecule has 1 N–H and O–H groups in total. The molecule has 106 valence electrons. The highest BCUT2D eigenvalue weighted by atomic mass is 16.1. The molecule has 0 aliphatic rings. The highest BCUT2D eigenvalue weighted by molar-refractivity contribution is 5.92. The van der Waals surface area contributed by atoms with Crippen molar-refractivity contribution >= 4 is 11.6 Å². The zero-order chi connectivity index (χ0) is 15.1. The fraction of sp³-hybridized carbons (Fsp3) is 0.200. The summed E-state index contributed by atoms with van der Waals surface area (Å²) in [7, 11) is 0. The number of aromatic nitrogens is 2. The SMILES string of the molecule is N#Cc1ccccc1NC(=O)CCCn1cnccc1=O. The van der Waals surface area contributed by atoms with Gasteiger partial charge in [-0.25, -0.2) is 4.98 Å². The zero-order valence-electron chi connectivity index (χ0n) is 11.3. The Morgan fingerprint density at radius 1 is 1.33 bits per heavy atom. The van der Waals surface area contributed by atoms with Crippen molar-refractivity contribution in [1.29, 1.82) is 5.26 Å². The number of rotatable bonds is 5. The van der Waals surface area contributed by atoms with Crippen LogP contribution in [0.2, 0.25) is 0 Å². The molecule has 1 aromatic heterocycles. The summed E-state index contributed by atoms with van der Waals surface area (Å²) in [6, 6.07) is 10.2. The van der Waals surface area contributed by atoms with E-state index >= 15 is 0 Å². The van der Waals surface area contributed by atoms with Crippen molar-refractivity contribution in [2.45, 2.75) is 19.4 Å². The van der Waals surface area contributed by atoms with E-state index in [1.54, 1.807) is 24.3 Å². The molecule has 0 saturated carbocycles. The molecule has 21 heavy (non-hydrogen) atoms. The van der Waals surface area contributed by atoms with Crippen LogP contribution in [-0.4, -0.2) is 15.5 Å². The fourth-order valence-electron chi connectivity index (χ4n) is 1.86. The molecule has 0 atom stereocenters. The van der Waals surface area contributed by atoms with Gasteiger partial charge in [0.05, 0.1) is 17.6 Å². The Morgan fingerprint density at radius 3 is 2.90 bits per heavy atom. The summed E-state index contributed by atoms with van der Waals surface area (Å²) in [5.41, 5.74) is 0.790. The molecule has 0 aliphatic heterocycles. The first-order valence-corrected chi connectivity index (χ1v) is 6.50. The number of nitriles is 1. The topological polar surface area (TPSA) is 87.8 Å². The molecular formula is C15H14N4O2. The molecule has 0 radical (unpaired) electrons.